The van der Waals surface area contributed by atoms with Gasteiger partial charge in [0.15, 0.2) is 0 Å². The molecule has 1 unspecified atom stereocenters. The van der Waals surface area contributed by atoms with E-state index in [9.17, 15) is 8.42 Å². The van der Waals surface area contributed by atoms with Gasteiger partial charge in [-0.2, -0.15) is 0 Å². The van der Waals surface area contributed by atoms with Crippen molar-refractivity contribution in [1.29, 1.82) is 0 Å². The molecule has 1 aromatic carbocycles. The first-order valence-electron chi connectivity index (χ1n) is 4.15. The number of hydrogen-bond donors (Lipinski definition) is 1. The molecule has 0 spiro atoms. The minimum atomic E-state index is -3.22. The number of halogens is 1. The predicted octanol–water partition coefficient (Wildman–Crippen LogP) is 1.90. The SMILES string of the molecule is CNS(=O)(=O)C(C)c1ccc(I)cc1. The molecule has 5 heteroatoms. The van der Waals surface area contributed by atoms with Gasteiger partial charge in [-0.05, 0) is 54.3 Å². The summed E-state index contributed by atoms with van der Waals surface area (Å²) in [5.74, 6) is 0. The third-order valence-electron chi connectivity index (χ3n) is 2.09. The number of nitrogens with one attached hydrogen (secondary N) is 1. The summed E-state index contributed by atoms with van der Waals surface area (Å²) in [5.41, 5.74) is 0.805. The van der Waals surface area contributed by atoms with E-state index in [1.54, 1.807) is 6.92 Å². The third kappa shape index (κ3) is 2.68. The van der Waals surface area contributed by atoms with Crippen LogP contribution < -0.4 is 4.72 Å². The second kappa shape index (κ2) is 4.59. The van der Waals surface area contributed by atoms with Crippen LogP contribution >= 0.6 is 22.6 Å². The van der Waals surface area contributed by atoms with Crippen LogP contribution in [-0.2, 0) is 10.0 Å². The fourth-order valence-corrected chi connectivity index (χ4v) is 2.32. The smallest absolute Gasteiger partial charge is 0.218 e. The van der Waals surface area contributed by atoms with Crippen LogP contribution in [0.25, 0.3) is 0 Å². The lowest BCUT2D eigenvalue weighted by molar-refractivity contribution is 0.578. The highest BCUT2D eigenvalue weighted by Gasteiger charge is 2.19. The Balaban J connectivity index is 3.01. The summed E-state index contributed by atoms with van der Waals surface area (Å²) in [5, 5.41) is -0.510. The summed E-state index contributed by atoms with van der Waals surface area (Å²) < 4.78 is 26.4. The van der Waals surface area contributed by atoms with E-state index in [0.717, 1.165) is 9.13 Å². The van der Waals surface area contributed by atoms with Crippen LogP contribution in [0.4, 0.5) is 0 Å². The maximum Gasteiger partial charge on any atom is 0.218 e. The highest BCUT2D eigenvalue weighted by Crippen LogP contribution is 2.21. The summed E-state index contributed by atoms with van der Waals surface area (Å²) in [7, 11) is -1.79. The average molecular weight is 325 g/mol. The molecule has 1 rings (SSSR count). The molecule has 0 saturated carbocycles. The van der Waals surface area contributed by atoms with Gasteiger partial charge in [0, 0.05) is 3.57 Å². The number of rotatable bonds is 3. The molecule has 3 nitrogen and oxygen atoms in total. The summed E-state index contributed by atoms with van der Waals surface area (Å²) in [6.45, 7) is 1.67. The van der Waals surface area contributed by atoms with E-state index in [1.807, 2.05) is 24.3 Å². The van der Waals surface area contributed by atoms with Crippen molar-refractivity contribution in [3.05, 3.63) is 33.4 Å². The molecule has 0 aliphatic heterocycles. The highest BCUT2D eigenvalue weighted by molar-refractivity contribution is 14.1. The van der Waals surface area contributed by atoms with Crippen LogP contribution in [0.1, 0.15) is 17.7 Å². The van der Waals surface area contributed by atoms with Gasteiger partial charge in [0.2, 0.25) is 10.0 Å². The van der Waals surface area contributed by atoms with E-state index < -0.39 is 15.3 Å². The second-order valence-corrected chi connectivity index (χ2v) is 6.39. The molecule has 0 amide bonds. The fraction of sp³-hybridized carbons (Fsp3) is 0.333. The lowest BCUT2D eigenvalue weighted by Gasteiger charge is -2.11. The lowest BCUT2D eigenvalue weighted by atomic mass is 10.2. The predicted molar refractivity (Wildman–Crippen MR) is 65.6 cm³/mol. The molecule has 0 aliphatic carbocycles. The normalized spacial score (nSPS) is 13.9. The molecule has 1 atom stereocenters. The van der Waals surface area contributed by atoms with E-state index in [-0.39, 0.29) is 0 Å². The zero-order valence-electron chi connectivity index (χ0n) is 7.99. The Labute approximate surface area is 98.1 Å². The quantitative estimate of drug-likeness (QED) is 0.863. The van der Waals surface area contributed by atoms with E-state index in [4.69, 9.17) is 0 Å². The van der Waals surface area contributed by atoms with E-state index >= 15 is 0 Å². The van der Waals surface area contributed by atoms with Crippen molar-refractivity contribution in [3.63, 3.8) is 0 Å². The van der Waals surface area contributed by atoms with E-state index in [2.05, 4.69) is 27.3 Å². The van der Waals surface area contributed by atoms with Crippen molar-refractivity contribution >= 4 is 32.6 Å². The zero-order chi connectivity index (χ0) is 10.8. The summed E-state index contributed by atoms with van der Waals surface area (Å²) in [4.78, 5) is 0. The van der Waals surface area contributed by atoms with Crippen LogP contribution in [-0.4, -0.2) is 15.5 Å². The van der Waals surface area contributed by atoms with Gasteiger partial charge in [-0.15, -0.1) is 0 Å². The Morgan fingerprint density at radius 2 is 1.79 bits per heavy atom. The number of sulfonamides is 1. The molecule has 0 aromatic heterocycles. The standard InChI is InChI=1S/C9H12INO2S/c1-7(14(12,13)11-2)8-3-5-9(10)6-4-8/h3-7,11H,1-2H3. The van der Waals surface area contributed by atoms with Gasteiger partial charge in [-0.3, -0.25) is 0 Å². The van der Waals surface area contributed by atoms with Gasteiger partial charge in [-0.25, -0.2) is 13.1 Å². The lowest BCUT2D eigenvalue weighted by Crippen LogP contribution is -2.23. The minimum Gasteiger partial charge on any atom is -0.218 e. The average Bonchev–Trinajstić information content (AvgIpc) is 2.18. The molecule has 0 fully saturated rings. The first-order valence-corrected chi connectivity index (χ1v) is 6.77. The number of benzene rings is 1. The van der Waals surface area contributed by atoms with Gasteiger partial charge in [0.1, 0.15) is 0 Å². The zero-order valence-corrected chi connectivity index (χ0v) is 11.0. The highest BCUT2D eigenvalue weighted by atomic mass is 127. The third-order valence-corrected chi connectivity index (χ3v) is 4.58. The van der Waals surface area contributed by atoms with Crippen molar-refractivity contribution in [2.24, 2.45) is 0 Å². The van der Waals surface area contributed by atoms with Crippen molar-refractivity contribution in [2.75, 3.05) is 7.05 Å². The van der Waals surface area contributed by atoms with E-state index in [1.165, 1.54) is 7.05 Å². The van der Waals surface area contributed by atoms with Gasteiger partial charge in [-0.1, -0.05) is 12.1 Å². The van der Waals surface area contributed by atoms with Crippen LogP contribution in [0, 0.1) is 3.57 Å². The Kier molecular flexibility index (Phi) is 3.91. The van der Waals surface area contributed by atoms with Gasteiger partial charge in [0.05, 0.1) is 5.25 Å². The van der Waals surface area contributed by atoms with Crippen molar-refractivity contribution in [1.82, 2.24) is 4.72 Å². The summed E-state index contributed by atoms with van der Waals surface area (Å²) >= 11 is 2.19. The molecule has 0 aliphatic rings. The monoisotopic (exact) mass is 325 g/mol. The first kappa shape index (κ1) is 11.9. The molecular formula is C9H12INO2S. The van der Waals surface area contributed by atoms with Crippen molar-refractivity contribution < 1.29 is 8.42 Å². The minimum absolute atomic E-state index is 0.510. The van der Waals surface area contributed by atoms with Crippen molar-refractivity contribution in [3.8, 4) is 0 Å². The molecule has 78 valence electrons. The van der Waals surface area contributed by atoms with Gasteiger partial charge in [0.25, 0.3) is 0 Å². The number of hydrogen-bond acceptors (Lipinski definition) is 2. The Hall–Kier alpha value is -0.140. The largest absolute Gasteiger partial charge is 0.218 e. The molecule has 14 heavy (non-hydrogen) atoms. The fourth-order valence-electron chi connectivity index (χ4n) is 1.09. The molecule has 0 saturated heterocycles. The van der Waals surface area contributed by atoms with Gasteiger partial charge >= 0.3 is 0 Å². The second-order valence-electron chi connectivity index (χ2n) is 2.94. The van der Waals surface area contributed by atoms with Crippen LogP contribution in [0.5, 0.6) is 0 Å². The summed E-state index contributed by atoms with van der Waals surface area (Å²) in [6, 6.07) is 7.47. The maximum atomic E-state index is 11.5. The topological polar surface area (TPSA) is 46.2 Å². The molecule has 0 heterocycles. The first-order chi connectivity index (χ1) is 6.47. The van der Waals surface area contributed by atoms with E-state index in [0.29, 0.717) is 0 Å². The summed E-state index contributed by atoms with van der Waals surface area (Å²) in [6.07, 6.45) is 0. The molecular weight excluding hydrogens is 313 g/mol. The molecule has 1 aromatic rings. The molecule has 0 radical (unpaired) electrons. The van der Waals surface area contributed by atoms with Crippen molar-refractivity contribution in [2.45, 2.75) is 12.2 Å². The van der Waals surface area contributed by atoms with Crippen LogP contribution in [0.3, 0.4) is 0 Å². The maximum absolute atomic E-state index is 11.5. The Morgan fingerprint density at radius 3 is 2.21 bits per heavy atom. The van der Waals surface area contributed by atoms with Crippen LogP contribution in [0.15, 0.2) is 24.3 Å². The Morgan fingerprint density at radius 1 is 1.29 bits per heavy atom. The molecule has 1 N–H and O–H groups in total. The van der Waals surface area contributed by atoms with Gasteiger partial charge < -0.3 is 0 Å². The molecule has 0 bridgehead atoms. The van der Waals surface area contributed by atoms with Crippen LogP contribution in [0.2, 0.25) is 0 Å². The Bertz CT molecular complexity index is 399.